The van der Waals surface area contributed by atoms with Gasteiger partial charge in [0.05, 0.1) is 21.3 Å². The van der Waals surface area contributed by atoms with E-state index in [-0.39, 0.29) is 6.04 Å². The van der Waals surface area contributed by atoms with Gasteiger partial charge >= 0.3 is 0 Å². The first kappa shape index (κ1) is 17.6. The summed E-state index contributed by atoms with van der Waals surface area (Å²) in [7, 11) is 4.90. The lowest BCUT2D eigenvalue weighted by atomic mass is 10.1. The van der Waals surface area contributed by atoms with E-state index in [1.807, 2.05) is 30.3 Å². The van der Waals surface area contributed by atoms with Gasteiger partial charge in [0.2, 0.25) is 0 Å². The van der Waals surface area contributed by atoms with Crippen molar-refractivity contribution >= 4 is 15.9 Å². The molecule has 0 bridgehead atoms. The van der Waals surface area contributed by atoms with Gasteiger partial charge in [0.25, 0.3) is 0 Å². The molecular weight excluding hydrogens is 358 g/mol. The number of halogens is 1. The van der Waals surface area contributed by atoms with E-state index in [0.717, 1.165) is 15.8 Å². The summed E-state index contributed by atoms with van der Waals surface area (Å²) in [6, 6.07) is 12.2. The molecule has 2 aromatic carbocycles. The van der Waals surface area contributed by atoms with E-state index in [2.05, 4.69) is 34.2 Å². The van der Waals surface area contributed by atoms with Crippen molar-refractivity contribution in [2.45, 2.75) is 19.5 Å². The molecule has 4 nitrogen and oxygen atoms in total. The Morgan fingerprint density at radius 3 is 2.17 bits per heavy atom. The number of nitrogens with one attached hydrogen (secondary N) is 1. The van der Waals surface area contributed by atoms with Gasteiger partial charge in [-0.1, -0.05) is 34.1 Å². The van der Waals surface area contributed by atoms with E-state index in [4.69, 9.17) is 14.2 Å². The SMILES string of the molecule is COc1cc(OC)c(OC)cc1CNC(C)c1ccccc1Br. The molecule has 23 heavy (non-hydrogen) atoms. The number of hydrogen-bond donors (Lipinski definition) is 1. The molecule has 124 valence electrons. The molecule has 0 spiro atoms. The normalized spacial score (nSPS) is 11.9. The van der Waals surface area contributed by atoms with Crippen LogP contribution in [0, 0.1) is 0 Å². The number of hydrogen-bond acceptors (Lipinski definition) is 4. The first-order valence-electron chi connectivity index (χ1n) is 7.37. The van der Waals surface area contributed by atoms with Gasteiger partial charge in [-0.3, -0.25) is 0 Å². The topological polar surface area (TPSA) is 39.7 Å². The summed E-state index contributed by atoms with van der Waals surface area (Å²) in [5.41, 5.74) is 2.23. The van der Waals surface area contributed by atoms with Crippen molar-refractivity contribution in [2.75, 3.05) is 21.3 Å². The Hall–Kier alpha value is -1.72. The molecule has 1 atom stereocenters. The molecule has 0 saturated heterocycles. The fourth-order valence-corrected chi connectivity index (χ4v) is 3.06. The zero-order valence-electron chi connectivity index (χ0n) is 13.9. The van der Waals surface area contributed by atoms with Crippen LogP contribution < -0.4 is 19.5 Å². The van der Waals surface area contributed by atoms with Crippen LogP contribution in [-0.2, 0) is 6.54 Å². The largest absolute Gasteiger partial charge is 0.496 e. The van der Waals surface area contributed by atoms with E-state index < -0.39 is 0 Å². The highest BCUT2D eigenvalue weighted by molar-refractivity contribution is 9.10. The maximum atomic E-state index is 5.46. The molecule has 5 heteroatoms. The van der Waals surface area contributed by atoms with Crippen molar-refractivity contribution in [1.29, 1.82) is 0 Å². The van der Waals surface area contributed by atoms with Crippen LogP contribution in [-0.4, -0.2) is 21.3 Å². The zero-order chi connectivity index (χ0) is 16.8. The summed E-state index contributed by atoms with van der Waals surface area (Å²) in [6.45, 7) is 2.79. The lowest BCUT2D eigenvalue weighted by molar-refractivity contribution is 0.346. The summed E-state index contributed by atoms with van der Waals surface area (Å²) >= 11 is 3.59. The van der Waals surface area contributed by atoms with Gasteiger partial charge in [-0.25, -0.2) is 0 Å². The van der Waals surface area contributed by atoms with Crippen LogP contribution in [0.2, 0.25) is 0 Å². The monoisotopic (exact) mass is 379 g/mol. The number of methoxy groups -OCH3 is 3. The fraction of sp³-hybridized carbons (Fsp3) is 0.333. The van der Waals surface area contributed by atoms with Crippen molar-refractivity contribution in [3.63, 3.8) is 0 Å². The highest BCUT2D eigenvalue weighted by Gasteiger charge is 2.14. The Morgan fingerprint density at radius 1 is 0.957 bits per heavy atom. The number of benzene rings is 2. The maximum Gasteiger partial charge on any atom is 0.164 e. The minimum Gasteiger partial charge on any atom is -0.496 e. The molecule has 2 rings (SSSR count). The maximum absolute atomic E-state index is 5.46. The third-order valence-electron chi connectivity index (χ3n) is 3.76. The Bertz CT molecular complexity index is 661. The summed E-state index contributed by atoms with van der Waals surface area (Å²) < 4.78 is 17.2. The van der Waals surface area contributed by atoms with Crippen molar-refractivity contribution in [3.8, 4) is 17.2 Å². The second-order valence-electron chi connectivity index (χ2n) is 5.14. The van der Waals surface area contributed by atoms with Crippen LogP contribution in [0.3, 0.4) is 0 Å². The summed E-state index contributed by atoms with van der Waals surface area (Å²) in [6.07, 6.45) is 0. The van der Waals surface area contributed by atoms with Gasteiger partial charge in [0.1, 0.15) is 5.75 Å². The summed E-state index contributed by atoms with van der Waals surface area (Å²) in [5.74, 6) is 2.13. The van der Waals surface area contributed by atoms with Crippen LogP contribution in [0.1, 0.15) is 24.1 Å². The van der Waals surface area contributed by atoms with Crippen molar-refractivity contribution < 1.29 is 14.2 Å². The third kappa shape index (κ3) is 4.18. The predicted molar refractivity (Wildman–Crippen MR) is 95.5 cm³/mol. The second kappa shape index (κ2) is 8.22. The van der Waals surface area contributed by atoms with Gasteiger partial charge in [0, 0.05) is 28.7 Å². The quantitative estimate of drug-likeness (QED) is 0.777. The van der Waals surface area contributed by atoms with Gasteiger partial charge in [-0.15, -0.1) is 0 Å². The van der Waals surface area contributed by atoms with E-state index in [1.165, 1.54) is 5.56 Å². The number of rotatable bonds is 7. The van der Waals surface area contributed by atoms with E-state index >= 15 is 0 Å². The lowest BCUT2D eigenvalue weighted by Gasteiger charge is -2.18. The molecule has 0 aliphatic heterocycles. The van der Waals surface area contributed by atoms with E-state index in [9.17, 15) is 0 Å². The molecule has 1 unspecified atom stereocenters. The second-order valence-corrected chi connectivity index (χ2v) is 6.00. The molecule has 2 aromatic rings. The van der Waals surface area contributed by atoms with Crippen LogP contribution >= 0.6 is 15.9 Å². The average Bonchev–Trinajstić information content (AvgIpc) is 2.59. The van der Waals surface area contributed by atoms with Gasteiger partial charge in [-0.2, -0.15) is 0 Å². The first-order valence-corrected chi connectivity index (χ1v) is 8.16. The molecule has 0 heterocycles. The molecule has 0 aliphatic rings. The third-order valence-corrected chi connectivity index (χ3v) is 4.48. The van der Waals surface area contributed by atoms with Crippen molar-refractivity contribution in [3.05, 3.63) is 52.0 Å². The molecule has 1 N–H and O–H groups in total. The Balaban J connectivity index is 2.18. The minimum atomic E-state index is 0.198. The standard InChI is InChI=1S/C18H22BrNO3/c1-12(14-7-5-6-8-15(14)19)20-11-13-9-17(22-3)18(23-4)10-16(13)21-2/h5-10,12,20H,11H2,1-4H3. The van der Waals surface area contributed by atoms with Gasteiger partial charge in [-0.05, 0) is 24.6 Å². The molecular formula is C18H22BrNO3. The highest BCUT2D eigenvalue weighted by atomic mass is 79.9. The van der Waals surface area contributed by atoms with Crippen LogP contribution in [0.4, 0.5) is 0 Å². The van der Waals surface area contributed by atoms with E-state index in [1.54, 1.807) is 21.3 Å². The predicted octanol–water partition coefficient (Wildman–Crippen LogP) is 4.33. The Labute approximate surface area is 145 Å². The highest BCUT2D eigenvalue weighted by Crippen LogP contribution is 2.35. The van der Waals surface area contributed by atoms with Crippen LogP contribution in [0.5, 0.6) is 17.2 Å². The average molecular weight is 380 g/mol. The van der Waals surface area contributed by atoms with Gasteiger partial charge < -0.3 is 19.5 Å². The molecule has 0 radical (unpaired) electrons. The van der Waals surface area contributed by atoms with Crippen LogP contribution in [0.25, 0.3) is 0 Å². The van der Waals surface area contributed by atoms with Crippen molar-refractivity contribution in [2.24, 2.45) is 0 Å². The first-order chi connectivity index (χ1) is 11.1. The number of ether oxygens (including phenoxy) is 3. The molecule has 0 saturated carbocycles. The Kier molecular flexibility index (Phi) is 6.30. The zero-order valence-corrected chi connectivity index (χ0v) is 15.4. The summed E-state index contributed by atoms with van der Waals surface area (Å²) in [5, 5.41) is 3.51. The van der Waals surface area contributed by atoms with Crippen LogP contribution in [0.15, 0.2) is 40.9 Å². The van der Waals surface area contributed by atoms with Gasteiger partial charge in [0.15, 0.2) is 11.5 Å². The fourth-order valence-electron chi connectivity index (χ4n) is 2.43. The van der Waals surface area contributed by atoms with Crippen molar-refractivity contribution in [1.82, 2.24) is 5.32 Å². The summed E-state index contributed by atoms with van der Waals surface area (Å²) in [4.78, 5) is 0. The van der Waals surface area contributed by atoms with E-state index in [0.29, 0.717) is 18.0 Å². The smallest absolute Gasteiger partial charge is 0.164 e. The molecule has 0 amide bonds. The Morgan fingerprint density at radius 2 is 1.57 bits per heavy atom. The molecule has 0 fully saturated rings. The lowest BCUT2D eigenvalue weighted by Crippen LogP contribution is -2.19. The molecule has 0 aromatic heterocycles. The molecule has 0 aliphatic carbocycles. The minimum absolute atomic E-state index is 0.198.